The third-order valence-electron chi connectivity index (χ3n) is 4.19. The molecule has 1 rings (SSSR count). The van der Waals surface area contributed by atoms with E-state index in [9.17, 15) is 4.79 Å². The highest BCUT2D eigenvalue weighted by molar-refractivity contribution is 7.71. The molecule has 0 bridgehead atoms. The van der Waals surface area contributed by atoms with Crippen molar-refractivity contribution in [3.05, 3.63) is 26.9 Å². The Balaban J connectivity index is 2.50. The average Bonchev–Trinajstić information content (AvgIpc) is 2.39. The molecule has 0 saturated heterocycles. The fourth-order valence-corrected chi connectivity index (χ4v) is 2.86. The summed E-state index contributed by atoms with van der Waals surface area (Å²) in [5.74, 6) is 0. The van der Waals surface area contributed by atoms with Gasteiger partial charge < -0.3 is 13.7 Å². The SMILES string of the molecule is CCc1cn(COCCO[Si](C)(C)C(C)(C)C)c(=S)[nH]c1=O. The molecule has 0 aromatic carbocycles. The fraction of sp³-hybridized carbons (Fsp3) is 0.733. The summed E-state index contributed by atoms with van der Waals surface area (Å²) in [6.07, 6.45) is 2.43. The van der Waals surface area contributed by atoms with Crippen molar-refractivity contribution in [1.29, 1.82) is 0 Å². The topological polar surface area (TPSA) is 56.2 Å². The largest absolute Gasteiger partial charge is 0.414 e. The van der Waals surface area contributed by atoms with Crippen LogP contribution >= 0.6 is 12.2 Å². The van der Waals surface area contributed by atoms with Gasteiger partial charge in [0.2, 0.25) is 0 Å². The van der Waals surface area contributed by atoms with E-state index in [1.54, 1.807) is 10.8 Å². The highest BCUT2D eigenvalue weighted by Crippen LogP contribution is 2.36. The molecule has 0 spiro atoms. The summed E-state index contributed by atoms with van der Waals surface area (Å²) in [4.78, 5) is 14.3. The van der Waals surface area contributed by atoms with E-state index in [0.717, 1.165) is 0 Å². The Bertz CT molecular complexity index is 602. The standard InChI is InChI=1S/C15H28N2O3SSi/c1-7-12-10-17(14(21)16-13(12)18)11-19-8-9-20-22(5,6)15(2,3)4/h10H,7-9,11H2,1-6H3,(H,16,18,21). The summed E-state index contributed by atoms with van der Waals surface area (Å²) < 4.78 is 13.8. The van der Waals surface area contributed by atoms with Crippen molar-refractivity contribution >= 4 is 20.5 Å². The van der Waals surface area contributed by atoms with E-state index < -0.39 is 8.32 Å². The minimum atomic E-state index is -1.72. The van der Waals surface area contributed by atoms with Crippen LogP contribution in [-0.2, 0) is 22.3 Å². The van der Waals surface area contributed by atoms with Crippen molar-refractivity contribution < 1.29 is 9.16 Å². The maximum atomic E-state index is 11.6. The van der Waals surface area contributed by atoms with Crippen LogP contribution < -0.4 is 5.56 Å². The van der Waals surface area contributed by atoms with Gasteiger partial charge in [0.15, 0.2) is 13.1 Å². The number of nitrogens with one attached hydrogen (secondary N) is 1. The summed E-state index contributed by atoms with van der Waals surface area (Å²) in [6.45, 7) is 14.4. The highest BCUT2D eigenvalue weighted by atomic mass is 32.1. The van der Waals surface area contributed by atoms with Gasteiger partial charge in [0.05, 0.1) is 13.2 Å². The number of aryl methyl sites for hydroxylation is 1. The van der Waals surface area contributed by atoms with E-state index in [1.807, 2.05) is 6.92 Å². The maximum absolute atomic E-state index is 11.6. The quantitative estimate of drug-likeness (QED) is 0.467. The summed E-state index contributed by atoms with van der Waals surface area (Å²) in [5, 5.41) is 0.199. The summed E-state index contributed by atoms with van der Waals surface area (Å²) in [7, 11) is -1.72. The number of hydrogen-bond acceptors (Lipinski definition) is 4. The third kappa shape index (κ3) is 5.15. The molecule has 0 aliphatic heterocycles. The van der Waals surface area contributed by atoms with Crippen molar-refractivity contribution in [2.45, 2.75) is 59.0 Å². The predicted molar refractivity (Wildman–Crippen MR) is 94.4 cm³/mol. The normalized spacial score (nSPS) is 12.6. The fourth-order valence-electron chi connectivity index (χ4n) is 1.64. The molecule has 0 aliphatic rings. The third-order valence-corrected chi connectivity index (χ3v) is 9.07. The highest BCUT2D eigenvalue weighted by Gasteiger charge is 2.36. The van der Waals surface area contributed by atoms with Gasteiger partial charge in [0.1, 0.15) is 6.73 Å². The van der Waals surface area contributed by atoms with E-state index in [1.165, 1.54) is 0 Å². The lowest BCUT2D eigenvalue weighted by atomic mass is 10.2. The van der Waals surface area contributed by atoms with Crippen molar-refractivity contribution in [3.8, 4) is 0 Å². The molecule has 1 N–H and O–H groups in total. The van der Waals surface area contributed by atoms with Gasteiger partial charge in [-0.1, -0.05) is 27.7 Å². The molecule has 0 fully saturated rings. The molecule has 126 valence electrons. The van der Waals surface area contributed by atoms with Crippen molar-refractivity contribution in [2.24, 2.45) is 0 Å². The second-order valence-corrected chi connectivity index (χ2v) is 12.1. The Morgan fingerprint density at radius 1 is 1.32 bits per heavy atom. The first-order valence-corrected chi connectivity index (χ1v) is 10.9. The number of aromatic amines is 1. The summed E-state index contributed by atoms with van der Waals surface area (Å²) >= 11 is 5.14. The number of H-pyrrole nitrogens is 1. The zero-order valence-corrected chi connectivity index (χ0v) is 16.3. The van der Waals surface area contributed by atoms with E-state index in [4.69, 9.17) is 21.4 Å². The van der Waals surface area contributed by atoms with Crippen molar-refractivity contribution in [1.82, 2.24) is 9.55 Å². The van der Waals surface area contributed by atoms with Gasteiger partial charge >= 0.3 is 0 Å². The molecule has 0 aliphatic carbocycles. The average molecular weight is 345 g/mol. The summed E-state index contributed by atoms with van der Waals surface area (Å²) in [5.41, 5.74) is 0.583. The lowest BCUT2D eigenvalue weighted by Crippen LogP contribution is -2.41. The molecule has 1 aromatic heterocycles. The van der Waals surface area contributed by atoms with E-state index in [0.29, 0.717) is 36.7 Å². The monoisotopic (exact) mass is 344 g/mol. The Labute approximate surface area is 138 Å². The van der Waals surface area contributed by atoms with Crippen LogP contribution in [0.25, 0.3) is 0 Å². The zero-order valence-electron chi connectivity index (χ0n) is 14.5. The number of aromatic nitrogens is 2. The van der Waals surface area contributed by atoms with E-state index in [2.05, 4.69) is 38.8 Å². The van der Waals surface area contributed by atoms with E-state index in [-0.39, 0.29) is 10.6 Å². The number of hydrogen-bond donors (Lipinski definition) is 1. The smallest absolute Gasteiger partial charge is 0.254 e. The first-order chi connectivity index (χ1) is 10.1. The number of ether oxygens (including phenoxy) is 1. The molecular formula is C15H28N2O3SSi. The Hall–Kier alpha value is -0.763. The molecule has 7 heteroatoms. The van der Waals surface area contributed by atoms with Gasteiger partial charge in [0, 0.05) is 11.8 Å². The van der Waals surface area contributed by atoms with Gasteiger partial charge in [-0.3, -0.25) is 9.78 Å². The molecule has 0 amide bonds. The van der Waals surface area contributed by atoms with Crippen LogP contribution in [0.1, 0.15) is 33.3 Å². The predicted octanol–water partition coefficient (Wildman–Crippen LogP) is 3.46. The molecule has 0 unspecified atom stereocenters. The minimum Gasteiger partial charge on any atom is -0.414 e. The van der Waals surface area contributed by atoms with E-state index >= 15 is 0 Å². The Morgan fingerprint density at radius 3 is 2.50 bits per heavy atom. The van der Waals surface area contributed by atoms with Gasteiger partial charge in [0.25, 0.3) is 5.56 Å². The molecule has 5 nitrogen and oxygen atoms in total. The van der Waals surface area contributed by atoms with Crippen LogP contribution in [0.15, 0.2) is 11.0 Å². The van der Waals surface area contributed by atoms with Crippen molar-refractivity contribution in [2.75, 3.05) is 13.2 Å². The lowest BCUT2D eigenvalue weighted by molar-refractivity contribution is 0.0491. The molecular weight excluding hydrogens is 316 g/mol. The van der Waals surface area contributed by atoms with Crippen LogP contribution in [-0.4, -0.2) is 31.1 Å². The molecule has 22 heavy (non-hydrogen) atoms. The van der Waals surface area contributed by atoms with Gasteiger partial charge in [-0.05, 0) is 36.8 Å². The van der Waals surface area contributed by atoms with Crippen molar-refractivity contribution in [3.63, 3.8) is 0 Å². The first kappa shape index (κ1) is 19.3. The molecule has 1 aromatic rings. The number of rotatable bonds is 7. The molecule has 0 saturated carbocycles. The number of nitrogens with zero attached hydrogens (tertiary/aromatic N) is 1. The zero-order chi connectivity index (χ0) is 17.0. The molecule has 0 radical (unpaired) electrons. The lowest BCUT2D eigenvalue weighted by Gasteiger charge is -2.36. The van der Waals surface area contributed by atoms with Gasteiger partial charge in [-0.2, -0.15) is 0 Å². The van der Waals surface area contributed by atoms with Crippen LogP contribution in [0, 0.1) is 4.77 Å². The van der Waals surface area contributed by atoms with Gasteiger partial charge in [-0.15, -0.1) is 0 Å². The van der Waals surface area contributed by atoms with Crippen LogP contribution in [0.4, 0.5) is 0 Å². The molecule has 1 heterocycles. The Kier molecular flexibility index (Phi) is 6.73. The van der Waals surface area contributed by atoms with Gasteiger partial charge in [-0.25, -0.2) is 0 Å². The first-order valence-electron chi connectivity index (χ1n) is 7.63. The Morgan fingerprint density at radius 2 is 1.95 bits per heavy atom. The maximum Gasteiger partial charge on any atom is 0.254 e. The molecule has 0 atom stereocenters. The van der Waals surface area contributed by atoms with Crippen LogP contribution in [0.2, 0.25) is 18.1 Å². The van der Waals surface area contributed by atoms with Crippen LogP contribution in [0.3, 0.4) is 0 Å². The second-order valence-electron chi connectivity index (χ2n) is 6.88. The van der Waals surface area contributed by atoms with Crippen LogP contribution in [0.5, 0.6) is 0 Å². The minimum absolute atomic E-state index is 0.120. The summed E-state index contributed by atoms with van der Waals surface area (Å²) in [6, 6.07) is 0. The second kappa shape index (κ2) is 7.67.